The van der Waals surface area contributed by atoms with E-state index in [0.29, 0.717) is 11.3 Å². The first-order valence-electron chi connectivity index (χ1n) is 6.82. The summed E-state index contributed by atoms with van der Waals surface area (Å²) >= 11 is 0. The van der Waals surface area contributed by atoms with E-state index in [1.54, 1.807) is 12.1 Å². The molecule has 2 aromatic carbocycles. The summed E-state index contributed by atoms with van der Waals surface area (Å²) in [6, 6.07) is 12.6. The van der Waals surface area contributed by atoms with Crippen molar-refractivity contribution in [1.82, 2.24) is 0 Å². The maximum Gasteiger partial charge on any atom is 0.185 e. The van der Waals surface area contributed by atoms with Crippen molar-refractivity contribution in [1.29, 1.82) is 0 Å². The lowest BCUT2D eigenvalue weighted by molar-refractivity contribution is 0.104. The van der Waals surface area contributed by atoms with Crippen LogP contribution in [0.4, 0.5) is 0 Å². The van der Waals surface area contributed by atoms with Gasteiger partial charge >= 0.3 is 0 Å². The molecule has 0 atom stereocenters. The second-order valence-electron chi connectivity index (χ2n) is 4.68. The molecule has 0 spiro atoms. The van der Waals surface area contributed by atoms with Gasteiger partial charge in [0.05, 0.1) is 7.11 Å². The minimum Gasteiger partial charge on any atom is -0.504 e. The number of aryl methyl sites for hydroxylation is 1. The Balaban J connectivity index is 2.14. The predicted octanol–water partition coefficient (Wildman–Crippen LogP) is 3.86. The van der Waals surface area contributed by atoms with Crippen LogP contribution in [0.3, 0.4) is 0 Å². The molecule has 0 bridgehead atoms. The summed E-state index contributed by atoms with van der Waals surface area (Å²) in [5, 5.41) is 9.52. The molecule has 3 heteroatoms. The van der Waals surface area contributed by atoms with Crippen LogP contribution in [0.25, 0.3) is 6.08 Å². The third-order valence-electron chi connectivity index (χ3n) is 3.28. The molecule has 108 valence electrons. The van der Waals surface area contributed by atoms with Gasteiger partial charge in [0.2, 0.25) is 0 Å². The number of ketones is 1. The fraction of sp³-hybridized carbons (Fsp3) is 0.167. The van der Waals surface area contributed by atoms with E-state index < -0.39 is 0 Å². The normalized spacial score (nSPS) is 10.8. The van der Waals surface area contributed by atoms with Crippen molar-refractivity contribution in [2.24, 2.45) is 0 Å². The number of phenols is 1. The Kier molecular flexibility index (Phi) is 4.77. The number of ether oxygens (including phenoxy) is 1. The smallest absolute Gasteiger partial charge is 0.185 e. The van der Waals surface area contributed by atoms with Gasteiger partial charge in [0.1, 0.15) is 0 Å². The first-order chi connectivity index (χ1) is 10.1. The second-order valence-corrected chi connectivity index (χ2v) is 4.68. The van der Waals surface area contributed by atoms with Crippen molar-refractivity contribution in [3.8, 4) is 11.5 Å². The maximum absolute atomic E-state index is 12.1. The highest BCUT2D eigenvalue weighted by molar-refractivity contribution is 6.07. The van der Waals surface area contributed by atoms with E-state index in [1.807, 2.05) is 24.3 Å². The Hall–Kier alpha value is -2.55. The van der Waals surface area contributed by atoms with Crippen molar-refractivity contribution in [2.45, 2.75) is 13.3 Å². The van der Waals surface area contributed by atoms with Crippen molar-refractivity contribution in [2.75, 3.05) is 7.11 Å². The van der Waals surface area contributed by atoms with Crippen LogP contribution in [-0.2, 0) is 6.42 Å². The first-order valence-corrected chi connectivity index (χ1v) is 6.82. The van der Waals surface area contributed by atoms with E-state index in [4.69, 9.17) is 4.74 Å². The van der Waals surface area contributed by atoms with E-state index in [1.165, 1.54) is 30.9 Å². The highest BCUT2D eigenvalue weighted by Crippen LogP contribution is 2.26. The lowest BCUT2D eigenvalue weighted by Crippen LogP contribution is -1.95. The van der Waals surface area contributed by atoms with Gasteiger partial charge < -0.3 is 9.84 Å². The van der Waals surface area contributed by atoms with E-state index in [2.05, 4.69) is 6.92 Å². The average Bonchev–Trinajstić information content (AvgIpc) is 2.53. The van der Waals surface area contributed by atoms with Gasteiger partial charge in [-0.2, -0.15) is 0 Å². The molecule has 0 radical (unpaired) electrons. The molecule has 2 rings (SSSR count). The minimum atomic E-state index is -0.132. The molecular weight excluding hydrogens is 264 g/mol. The lowest BCUT2D eigenvalue weighted by atomic mass is 10.1. The number of rotatable bonds is 5. The predicted molar refractivity (Wildman–Crippen MR) is 83.8 cm³/mol. The number of benzene rings is 2. The van der Waals surface area contributed by atoms with Crippen molar-refractivity contribution in [3.63, 3.8) is 0 Å². The summed E-state index contributed by atoms with van der Waals surface area (Å²) in [6.07, 6.45) is 4.30. The van der Waals surface area contributed by atoms with Gasteiger partial charge in [0.15, 0.2) is 17.3 Å². The summed E-state index contributed by atoms with van der Waals surface area (Å²) < 4.78 is 5.00. The molecule has 0 saturated carbocycles. The summed E-state index contributed by atoms with van der Waals surface area (Å²) in [7, 11) is 1.45. The Labute approximate surface area is 124 Å². The van der Waals surface area contributed by atoms with Crippen LogP contribution in [0.1, 0.15) is 28.4 Å². The highest BCUT2D eigenvalue weighted by atomic mass is 16.5. The van der Waals surface area contributed by atoms with Gasteiger partial charge in [-0.1, -0.05) is 37.3 Å². The Morgan fingerprint density at radius 1 is 1.19 bits per heavy atom. The number of allylic oxidation sites excluding steroid dienone is 1. The molecule has 21 heavy (non-hydrogen) atoms. The SMILES string of the molecule is CCc1ccc(/C=C/C(=O)c2ccc(O)c(OC)c2)cc1. The number of carbonyl (C=O) groups excluding carboxylic acids is 1. The van der Waals surface area contributed by atoms with Gasteiger partial charge in [-0.15, -0.1) is 0 Å². The molecule has 0 heterocycles. The molecular formula is C18H18O3. The maximum atomic E-state index is 12.1. The van der Waals surface area contributed by atoms with Crippen LogP contribution in [-0.4, -0.2) is 18.0 Å². The molecule has 0 fully saturated rings. The minimum absolute atomic E-state index is 0.0215. The summed E-state index contributed by atoms with van der Waals surface area (Å²) in [6.45, 7) is 2.10. The topological polar surface area (TPSA) is 46.5 Å². The molecule has 1 N–H and O–H groups in total. The van der Waals surface area contributed by atoms with Crippen molar-refractivity contribution < 1.29 is 14.6 Å². The van der Waals surface area contributed by atoms with Crippen LogP contribution in [0, 0.1) is 0 Å². The molecule has 0 saturated heterocycles. The molecule has 2 aromatic rings. The first kappa shape index (κ1) is 14.9. The van der Waals surface area contributed by atoms with Gasteiger partial charge in [-0.3, -0.25) is 4.79 Å². The Morgan fingerprint density at radius 3 is 2.52 bits per heavy atom. The van der Waals surface area contributed by atoms with Gasteiger partial charge in [0, 0.05) is 5.56 Å². The number of methoxy groups -OCH3 is 1. The standard InChI is InChI=1S/C18H18O3/c1-3-13-4-6-14(7-5-13)8-10-16(19)15-9-11-17(20)18(12-15)21-2/h4-12,20H,3H2,1-2H3/b10-8+. The number of hydrogen-bond acceptors (Lipinski definition) is 3. The Morgan fingerprint density at radius 2 is 1.90 bits per heavy atom. The summed E-state index contributed by atoms with van der Waals surface area (Å²) in [4.78, 5) is 12.1. The third-order valence-corrected chi connectivity index (χ3v) is 3.28. The van der Waals surface area contributed by atoms with E-state index in [-0.39, 0.29) is 11.5 Å². The highest BCUT2D eigenvalue weighted by Gasteiger charge is 2.07. The molecule has 0 aliphatic heterocycles. The largest absolute Gasteiger partial charge is 0.504 e. The average molecular weight is 282 g/mol. The van der Waals surface area contributed by atoms with Gasteiger partial charge in [0.25, 0.3) is 0 Å². The van der Waals surface area contributed by atoms with Crippen LogP contribution < -0.4 is 4.74 Å². The second kappa shape index (κ2) is 6.75. The van der Waals surface area contributed by atoms with Crippen LogP contribution in [0.2, 0.25) is 0 Å². The van der Waals surface area contributed by atoms with Crippen molar-refractivity contribution in [3.05, 3.63) is 65.2 Å². The zero-order valence-corrected chi connectivity index (χ0v) is 12.2. The third kappa shape index (κ3) is 3.72. The van der Waals surface area contributed by atoms with E-state index >= 15 is 0 Å². The van der Waals surface area contributed by atoms with Gasteiger partial charge in [-0.05, 0) is 41.8 Å². The monoisotopic (exact) mass is 282 g/mol. The fourth-order valence-electron chi connectivity index (χ4n) is 1.96. The van der Waals surface area contributed by atoms with Crippen LogP contribution in [0.5, 0.6) is 11.5 Å². The van der Waals surface area contributed by atoms with E-state index in [0.717, 1.165) is 12.0 Å². The zero-order chi connectivity index (χ0) is 15.2. The Bertz CT molecular complexity index is 655. The molecule has 0 aliphatic rings. The van der Waals surface area contributed by atoms with Gasteiger partial charge in [-0.25, -0.2) is 0 Å². The summed E-state index contributed by atoms with van der Waals surface area (Å²) in [5.74, 6) is 0.183. The molecule has 0 unspecified atom stereocenters. The zero-order valence-electron chi connectivity index (χ0n) is 12.2. The van der Waals surface area contributed by atoms with Crippen LogP contribution >= 0.6 is 0 Å². The molecule has 3 nitrogen and oxygen atoms in total. The number of hydrogen-bond donors (Lipinski definition) is 1. The number of phenolic OH excluding ortho intramolecular Hbond substituents is 1. The molecule has 0 amide bonds. The quantitative estimate of drug-likeness (QED) is 0.669. The molecule has 0 aliphatic carbocycles. The van der Waals surface area contributed by atoms with Crippen molar-refractivity contribution >= 4 is 11.9 Å². The summed E-state index contributed by atoms with van der Waals surface area (Å²) in [5.41, 5.74) is 2.72. The number of aromatic hydroxyl groups is 1. The number of carbonyl (C=O) groups is 1. The fourth-order valence-corrected chi connectivity index (χ4v) is 1.96. The molecule has 0 aromatic heterocycles. The lowest BCUT2D eigenvalue weighted by Gasteiger charge is -2.04. The van der Waals surface area contributed by atoms with Crippen LogP contribution in [0.15, 0.2) is 48.5 Å². The van der Waals surface area contributed by atoms with E-state index in [9.17, 15) is 9.90 Å².